The molecule has 1 aromatic carbocycles. The van der Waals surface area contributed by atoms with Gasteiger partial charge in [0.15, 0.2) is 5.82 Å². The minimum atomic E-state index is 0.257. The second-order valence-electron chi connectivity index (χ2n) is 6.02. The van der Waals surface area contributed by atoms with Crippen molar-refractivity contribution in [1.29, 1.82) is 0 Å². The van der Waals surface area contributed by atoms with Gasteiger partial charge in [-0.3, -0.25) is 0 Å². The van der Waals surface area contributed by atoms with Crippen molar-refractivity contribution in [3.05, 3.63) is 45.5 Å². The molecule has 0 saturated carbocycles. The maximum atomic E-state index is 6.26. The Hall–Kier alpha value is -1.14. The van der Waals surface area contributed by atoms with Crippen LogP contribution in [0, 0.1) is 0 Å². The fraction of sp³-hybridized carbons (Fsp3) is 0.500. The Morgan fingerprint density at radius 3 is 2.65 bits per heavy atom. The van der Waals surface area contributed by atoms with Crippen LogP contribution >= 0.6 is 23.2 Å². The molecule has 1 aliphatic rings. The summed E-state index contributed by atoms with van der Waals surface area (Å²) in [6.45, 7) is 2.20. The molecule has 0 bridgehead atoms. The van der Waals surface area contributed by atoms with Gasteiger partial charge in [0.1, 0.15) is 5.82 Å². The van der Waals surface area contributed by atoms with E-state index >= 15 is 0 Å². The maximum Gasteiger partial charge on any atom is 0.155 e. The molecule has 1 aromatic heterocycles. The van der Waals surface area contributed by atoms with Crippen LogP contribution in [0.25, 0.3) is 0 Å². The van der Waals surface area contributed by atoms with Gasteiger partial charge in [-0.05, 0) is 38.2 Å². The quantitative estimate of drug-likeness (QED) is 0.826. The van der Waals surface area contributed by atoms with Crippen LogP contribution in [0.3, 0.4) is 0 Å². The maximum absolute atomic E-state index is 6.26. The fourth-order valence-electron chi connectivity index (χ4n) is 2.74. The van der Waals surface area contributed by atoms with E-state index in [0.29, 0.717) is 23.1 Å². The van der Waals surface area contributed by atoms with Gasteiger partial charge in [-0.15, -0.1) is 0 Å². The number of ether oxygens (including phenoxy) is 1. The molecule has 1 fully saturated rings. The lowest BCUT2D eigenvalue weighted by atomic mass is 10.1. The SMILES string of the molecule is CN(C)Cc1nc(Cc2c(Cl)cccc2Cl)nn1C1CCOC1. The van der Waals surface area contributed by atoms with E-state index in [9.17, 15) is 0 Å². The summed E-state index contributed by atoms with van der Waals surface area (Å²) in [5, 5.41) is 6.00. The number of nitrogens with zero attached hydrogens (tertiary/aromatic N) is 4. The zero-order chi connectivity index (χ0) is 16.4. The predicted molar refractivity (Wildman–Crippen MR) is 91.2 cm³/mol. The van der Waals surface area contributed by atoms with E-state index in [1.54, 1.807) is 0 Å². The highest BCUT2D eigenvalue weighted by molar-refractivity contribution is 6.36. The summed E-state index contributed by atoms with van der Waals surface area (Å²) in [6, 6.07) is 5.78. The third-order valence-corrected chi connectivity index (χ3v) is 4.56. The molecule has 0 N–H and O–H groups in total. The number of halogens is 2. The molecule has 7 heteroatoms. The third-order valence-electron chi connectivity index (χ3n) is 3.85. The first-order valence-electron chi connectivity index (χ1n) is 7.64. The Morgan fingerprint density at radius 1 is 1.30 bits per heavy atom. The molecule has 1 saturated heterocycles. The molecule has 23 heavy (non-hydrogen) atoms. The van der Waals surface area contributed by atoms with E-state index in [2.05, 4.69) is 4.90 Å². The van der Waals surface area contributed by atoms with Gasteiger partial charge in [-0.1, -0.05) is 29.3 Å². The van der Waals surface area contributed by atoms with Crippen molar-refractivity contribution in [3.8, 4) is 0 Å². The lowest BCUT2D eigenvalue weighted by molar-refractivity contribution is 0.183. The van der Waals surface area contributed by atoms with Crippen molar-refractivity contribution in [2.24, 2.45) is 0 Å². The van der Waals surface area contributed by atoms with Crippen LogP contribution in [0.2, 0.25) is 10.0 Å². The smallest absolute Gasteiger partial charge is 0.155 e. The lowest BCUT2D eigenvalue weighted by Crippen LogP contribution is -2.19. The molecule has 0 radical (unpaired) electrons. The Bertz CT molecular complexity index is 660. The van der Waals surface area contributed by atoms with Crippen LogP contribution in [0.15, 0.2) is 18.2 Å². The van der Waals surface area contributed by atoms with Crippen LogP contribution in [-0.2, 0) is 17.7 Å². The summed E-state index contributed by atoms with van der Waals surface area (Å²) < 4.78 is 7.50. The average molecular weight is 355 g/mol. The number of aromatic nitrogens is 3. The molecule has 3 rings (SSSR count). The Labute approximate surface area is 146 Å². The highest BCUT2D eigenvalue weighted by Gasteiger charge is 2.23. The minimum absolute atomic E-state index is 0.257. The molecule has 2 aromatic rings. The Balaban J connectivity index is 1.90. The zero-order valence-corrected chi connectivity index (χ0v) is 14.8. The molecule has 1 aliphatic heterocycles. The van der Waals surface area contributed by atoms with E-state index in [4.69, 9.17) is 38.0 Å². The van der Waals surface area contributed by atoms with Gasteiger partial charge in [0.25, 0.3) is 0 Å². The lowest BCUT2D eigenvalue weighted by Gasteiger charge is -2.14. The molecule has 0 amide bonds. The number of benzene rings is 1. The van der Waals surface area contributed by atoms with Crippen LogP contribution in [-0.4, -0.2) is 47.0 Å². The largest absolute Gasteiger partial charge is 0.379 e. The second-order valence-corrected chi connectivity index (χ2v) is 6.84. The first-order chi connectivity index (χ1) is 11.0. The van der Waals surface area contributed by atoms with E-state index in [1.165, 1.54) is 0 Å². The van der Waals surface area contributed by atoms with Crippen molar-refractivity contribution >= 4 is 23.2 Å². The number of hydrogen-bond acceptors (Lipinski definition) is 4. The van der Waals surface area contributed by atoms with Gasteiger partial charge >= 0.3 is 0 Å². The van der Waals surface area contributed by atoms with Crippen LogP contribution in [0.4, 0.5) is 0 Å². The highest BCUT2D eigenvalue weighted by atomic mass is 35.5. The average Bonchev–Trinajstić information content (AvgIpc) is 3.12. The monoisotopic (exact) mass is 354 g/mol. The minimum Gasteiger partial charge on any atom is -0.379 e. The van der Waals surface area contributed by atoms with E-state index in [0.717, 1.165) is 36.8 Å². The summed E-state index contributed by atoms with van der Waals surface area (Å²) in [7, 11) is 4.05. The van der Waals surface area contributed by atoms with Gasteiger partial charge in [0.2, 0.25) is 0 Å². The summed E-state index contributed by atoms with van der Waals surface area (Å²) in [6.07, 6.45) is 1.50. The molecule has 0 spiro atoms. The number of hydrogen-bond donors (Lipinski definition) is 0. The van der Waals surface area contributed by atoms with Gasteiger partial charge in [-0.2, -0.15) is 5.10 Å². The van der Waals surface area contributed by atoms with E-state index < -0.39 is 0 Å². The molecule has 5 nitrogen and oxygen atoms in total. The van der Waals surface area contributed by atoms with Crippen LogP contribution in [0.5, 0.6) is 0 Å². The fourth-order valence-corrected chi connectivity index (χ4v) is 3.27. The summed E-state index contributed by atoms with van der Waals surface area (Å²) in [5.41, 5.74) is 0.868. The molecule has 1 unspecified atom stereocenters. The van der Waals surface area contributed by atoms with Gasteiger partial charge < -0.3 is 9.64 Å². The van der Waals surface area contributed by atoms with E-state index in [-0.39, 0.29) is 6.04 Å². The second kappa shape index (κ2) is 7.18. The molecule has 0 aliphatic carbocycles. The van der Waals surface area contributed by atoms with Crippen LogP contribution in [0.1, 0.15) is 29.7 Å². The topological polar surface area (TPSA) is 43.2 Å². The zero-order valence-electron chi connectivity index (χ0n) is 13.3. The summed E-state index contributed by atoms with van der Waals surface area (Å²) >= 11 is 12.5. The first kappa shape index (κ1) is 16.7. The molecule has 1 atom stereocenters. The first-order valence-corrected chi connectivity index (χ1v) is 8.40. The van der Waals surface area contributed by atoms with Crippen molar-refractivity contribution in [2.45, 2.75) is 25.4 Å². The molecule has 124 valence electrons. The normalized spacial score (nSPS) is 18.0. The van der Waals surface area contributed by atoms with Crippen molar-refractivity contribution in [2.75, 3.05) is 27.3 Å². The van der Waals surface area contributed by atoms with Crippen LogP contribution < -0.4 is 0 Å². The van der Waals surface area contributed by atoms with Crippen molar-refractivity contribution < 1.29 is 4.74 Å². The molecular weight excluding hydrogens is 335 g/mol. The van der Waals surface area contributed by atoms with E-state index in [1.807, 2.05) is 37.0 Å². The Kier molecular flexibility index (Phi) is 5.21. The van der Waals surface area contributed by atoms with Crippen molar-refractivity contribution in [1.82, 2.24) is 19.7 Å². The summed E-state index contributed by atoms with van der Waals surface area (Å²) in [4.78, 5) is 6.80. The summed E-state index contributed by atoms with van der Waals surface area (Å²) in [5.74, 6) is 1.69. The van der Waals surface area contributed by atoms with Gasteiger partial charge in [0, 0.05) is 23.1 Å². The Morgan fingerprint density at radius 2 is 2.04 bits per heavy atom. The third kappa shape index (κ3) is 3.86. The standard InChI is InChI=1S/C16H20Cl2N4O/c1-21(2)9-16-19-15(20-22(16)11-6-7-23-10-11)8-12-13(17)4-3-5-14(12)18/h3-5,11H,6-10H2,1-2H3. The van der Waals surface area contributed by atoms with Gasteiger partial charge in [0.05, 0.1) is 19.2 Å². The molecule has 2 heterocycles. The van der Waals surface area contributed by atoms with Gasteiger partial charge in [-0.25, -0.2) is 9.67 Å². The molecular formula is C16H20Cl2N4O. The van der Waals surface area contributed by atoms with Crippen molar-refractivity contribution in [3.63, 3.8) is 0 Å². The predicted octanol–water partition coefficient (Wildman–Crippen LogP) is 3.20. The highest BCUT2D eigenvalue weighted by Crippen LogP contribution is 2.27. The number of rotatable bonds is 5.